The first-order valence-electron chi connectivity index (χ1n) is 9.27. The highest BCUT2D eigenvalue weighted by Gasteiger charge is 2.19. The quantitative estimate of drug-likeness (QED) is 0.528. The average molecular weight is 396 g/mol. The number of esters is 1. The lowest BCUT2D eigenvalue weighted by atomic mass is 10.1. The molecular weight excluding hydrogens is 372 g/mol. The van der Waals surface area contributed by atoms with Crippen molar-refractivity contribution in [3.8, 4) is 0 Å². The molecule has 7 heteroatoms. The summed E-state index contributed by atoms with van der Waals surface area (Å²) in [4.78, 5) is 47.8. The van der Waals surface area contributed by atoms with Gasteiger partial charge in [-0.3, -0.25) is 14.4 Å². The maximum absolute atomic E-state index is 12.2. The van der Waals surface area contributed by atoms with Gasteiger partial charge in [0.25, 0.3) is 5.91 Å². The average Bonchev–Trinajstić information content (AvgIpc) is 2.72. The Balaban J connectivity index is 1.85. The highest BCUT2D eigenvalue weighted by Crippen LogP contribution is 2.11. The van der Waals surface area contributed by atoms with Crippen molar-refractivity contribution in [2.45, 2.75) is 33.2 Å². The van der Waals surface area contributed by atoms with E-state index in [1.54, 1.807) is 49.4 Å². The fourth-order valence-corrected chi connectivity index (χ4v) is 2.46. The van der Waals surface area contributed by atoms with Gasteiger partial charge in [0.1, 0.15) is 6.04 Å². The van der Waals surface area contributed by atoms with E-state index < -0.39 is 24.5 Å². The van der Waals surface area contributed by atoms with Crippen LogP contribution in [0.15, 0.2) is 48.5 Å². The third kappa shape index (κ3) is 6.57. The van der Waals surface area contributed by atoms with Gasteiger partial charge in [-0.2, -0.15) is 0 Å². The molecule has 0 saturated heterocycles. The van der Waals surface area contributed by atoms with Crippen LogP contribution < -0.4 is 10.6 Å². The molecule has 0 bridgehead atoms. The molecule has 2 amide bonds. The minimum atomic E-state index is -0.901. The van der Waals surface area contributed by atoms with Gasteiger partial charge in [-0.1, -0.05) is 24.6 Å². The molecule has 0 aromatic heterocycles. The molecule has 29 heavy (non-hydrogen) atoms. The highest BCUT2D eigenvalue weighted by atomic mass is 16.5. The first-order chi connectivity index (χ1) is 13.8. The van der Waals surface area contributed by atoms with E-state index in [0.29, 0.717) is 23.2 Å². The summed E-state index contributed by atoms with van der Waals surface area (Å²) in [7, 11) is 0. The van der Waals surface area contributed by atoms with Crippen molar-refractivity contribution in [1.29, 1.82) is 0 Å². The number of benzene rings is 2. The molecule has 2 rings (SSSR count). The van der Waals surface area contributed by atoms with Gasteiger partial charge < -0.3 is 15.4 Å². The van der Waals surface area contributed by atoms with Crippen molar-refractivity contribution in [3.05, 3.63) is 65.2 Å². The molecular formula is C22H24N2O5. The number of anilines is 1. The van der Waals surface area contributed by atoms with Crippen LogP contribution in [0.3, 0.4) is 0 Å². The van der Waals surface area contributed by atoms with Crippen LogP contribution in [0.1, 0.15) is 46.5 Å². The molecule has 0 heterocycles. The number of ketones is 1. The standard InChI is InChI=1S/C22H24N2O5/c1-4-20(26)24-18-10-8-16(9-11-18)19(25)13-29-22(28)15(3)23-21(27)17-7-5-6-14(2)12-17/h5-12,15H,4,13H2,1-3H3,(H,23,27)(H,24,26)/t15-/m0/s1. The Kier molecular flexibility index (Phi) is 7.65. The fraction of sp³-hybridized carbons (Fsp3) is 0.273. The second-order valence-corrected chi connectivity index (χ2v) is 6.57. The SMILES string of the molecule is CCC(=O)Nc1ccc(C(=O)COC(=O)[C@H](C)NC(=O)c2cccc(C)c2)cc1. The summed E-state index contributed by atoms with van der Waals surface area (Å²) in [5, 5.41) is 5.24. The summed E-state index contributed by atoms with van der Waals surface area (Å²) in [6.45, 7) is 4.66. The zero-order chi connectivity index (χ0) is 21.4. The van der Waals surface area contributed by atoms with Crippen LogP contribution in [0.2, 0.25) is 0 Å². The minimum Gasteiger partial charge on any atom is -0.456 e. The second-order valence-electron chi connectivity index (χ2n) is 6.57. The first-order valence-corrected chi connectivity index (χ1v) is 9.27. The maximum atomic E-state index is 12.2. The first kappa shape index (κ1) is 21.8. The molecule has 0 aliphatic heterocycles. The van der Waals surface area contributed by atoms with E-state index in [2.05, 4.69) is 10.6 Å². The monoisotopic (exact) mass is 396 g/mol. The summed E-state index contributed by atoms with van der Waals surface area (Å²) in [6, 6.07) is 12.4. The fourth-order valence-electron chi connectivity index (χ4n) is 2.46. The molecule has 0 aliphatic rings. The lowest BCUT2D eigenvalue weighted by molar-refractivity contribution is -0.144. The second kappa shape index (κ2) is 10.2. The van der Waals surface area contributed by atoms with Crippen LogP contribution in [0.4, 0.5) is 5.69 Å². The zero-order valence-electron chi connectivity index (χ0n) is 16.7. The van der Waals surface area contributed by atoms with Crippen LogP contribution >= 0.6 is 0 Å². The van der Waals surface area contributed by atoms with E-state index in [9.17, 15) is 19.2 Å². The van der Waals surface area contributed by atoms with Gasteiger partial charge in [-0.25, -0.2) is 4.79 Å². The minimum absolute atomic E-state index is 0.125. The molecule has 2 aromatic rings. The molecule has 0 aliphatic carbocycles. The number of rotatable bonds is 8. The zero-order valence-corrected chi connectivity index (χ0v) is 16.7. The Morgan fingerprint density at radius 1 is 1.00 bits per heavy atom. The Hall–Kier alpha value is -3.48. The van der Waals surface area contributed by atoms with Crippen LogP contribution in [0, 0.1) is 6.92 Å². The Morgan fingerprint density at radius 2 is 1.69 bits per heavy atom. The van der Waals surface area contributed by atoms with Gasteiger partial charge in [0, 0.05) is 23.2 Å². The molecule has 0 saturated carbocycles. The molecule has 7 nitrogen and oxygen atoms in total. The van der Waals surface area contributed by atoms with Crippen molar-refractivity contribution in [1.82, 2.24) is 5.32 Å². The number of amides is 2. The van der Waals surface area contributed by atoms with Gasteiger partial charge in [0.2, 0.25) is 5.91 Å². The van der Waals surface area contributed by atoms with E-state index >= 15 is 0 Å². The summed E-state index contributed by atoms with van der Waals surface area (Å²) in [5.74, 6) is -1.61. The molecule has 2 N–H and O–H groups in total. The van der Waals surface area contributed by atoms with E-state index in [-0.39, 0.29) is 11.7 Å². The number of carbonyl (C=O) groups excluding carboxylic acids is 4. The van der Waals surface area contributed by atoms with Gasteiger partial charge in [-0.05, 0) is 50.2 Å². The number of aryl methyl sites for hydroxylation is 1. The molecule has 0 fully saturated rings. The van der Waals surface area contributed by atoms with Crippen molar-refractivity contribution in [2.24, 2.45) is 0 Å². The van der Waals surface area contributed by atoms with E-state index in [1.807, 2.05) is 13.0 Å². The van der Waals surface area contributed by atoms with Crippen molar-refractivity contribution in [2.75, 3.05) is 11.9 Å². The van der Waals surface area contributed by atoms with Gasteiger partial charge in [-0.15, -0.1) is 0 Å². The van der Waals surface area contributed by atoms with Crippen molar-refractivity contribution in [3.63, 3.8) is 0 Å². The third-order valence-corrected chi connectivity index (χ3v) is 4.14. The van der Waals surface area contributed by atoms with Crippen LogP contribution in [0.5, 0.6) is 0 Å². The van der Waals surface area contributed by atoms with Crippen LogP contribution in [0.25, 0.3) is 0 Å². The normalized spacial score (nSPS) is 11.3. The van der Waals surface area contributed by atoms with Gasteiger partial charge in [0.05, 0.1) is 0 Å². The van der Waals surface area contributed by atoms with Crippen molar-refractivity contribution < 1.29 is 23.9 Å². The van der Waals surface area contributed by atoms with Gasteiger partial charge in [0.15, 0.2) is 12.4 Å². The smallest absolute Gasteiger partial charge is 0.328 e. The van der Waals surface area contributed by atoms with E-state index in [1.165, 1.54) is 6.92 Å². The van der Waals surface area contributed by atoms with E-state index in [4.69, 9.17) is 4.74 Å². The topological polar surface area (TPSA) is 102 Å². The number of Topliss-reactive ketones (excluding diaryl/α,β-unsaturated/α-hetero) is 1. The van der Waals surface area contributed by atoms with Crippen LogP contribution in [-0.4, -0.2) is 36.2 Å². The molecule has 152 valence electrons. The summed E-state index contributed by atoms with van der Waals surface area (Å²) >= 11 is 0. The maximum Gasteiger partial charge on any atom is 0.328 e. The lowest BCUT2D eigenvalue weighted by Crippen LogP contribution is -2.40. The molecule has 0 unspecified atom stereocenters. The molecule has 2 aromatic carbocycles. The third-order valence-electron chi connectivity index (χ3n) is 4.14. The van der Waals surface area contributed by atoms with Crippen LogP contribution in [-0.2, 0) is 14.3 Å². The summed E-state index contributed by atoms with van der Waals surface area (Å²) in [6.07, 6.45) is 0.356. The van der Waals surface area contributed by atoms with Gasteiger partial charge >= 0.3 is 5.97 Å². The predicted octanol–water partition coefficient (Wildman–Crippen LogP) is 2.89. The van der Waals surface area contributed by atoms with E-state index in [0.717, 1.165) is 5.56 Å². The number of carbonyl (C=O) groups is 4. The summed E-state index contributed by atoms with van der Waals surface area (Å²) in [5.41, 5.74) is 2.30. The molecule has 0 spiro atoms. The highest BCUT2D eigenvalue weighted by molar-refractivity contribution is 6.00. The molecule has 1 atom stereocenters. The number of hydrogen-bond acceptors (Lipinski definition) is 5. The molecule has 0 radical (unpaired) electrons. The van der Waals surface area contributed by atoms with Crippen molar-refractivity contribution >= 4 is 29.3 Å². The summed E-state index contributed by atoms with van der Waals surface area (Å²) < 4.78 is 5.02. The Bertz CT molecular complexity index is 906. The number of nitrogens with one attached hydrogen (secondary N) is 2. The Morgan fingerprint density at radius 3 is 2.31 bits per heavy atom. The Labute approximate surface area is 169 Å². The number of hydrogen-bond donors (Lipinski definition) is 2. The lowest BCUT2D eigenvalue weighted by Gasteiger charge is -2.13. The predicted molar refractivity (Wildman–Crippen MR) is 109 cm³/mol. The number of ether oxygens (including phenoxy) is 1. The largest absolute Gasteiger partial charge is 0.456 e.